The molecule has 2 aromatic rings. The molecule has 1 aromatic carbocycles. The minimum absolute atomic E-state index is 0.174. The van der Waals surface area contributed by atoms with Crippen LogP contribution in [-0.2, 0) is 29.0 Å². The summed E-state index contributed by atoms with van der Waals surface area (Å²) in [5.74, 6) is 0.174. The number of carbonyl (C=O) groups excluding carboxylic acids is 1. The molecule has 2 aliphatic heterocycles. The van der Waals surface area contributed by atoms with Gasteiger partial charge < -0.3 is 9.64 Å². The van der Waals surface area contributed by atoms with Gasteiger partial charge in [-0.2, -0.15) is 0 Å². The monoisotopic (exact) mass is 335 g/mol. The van der Waals surface area contributed by atoms with Gasteiger partial charge >= 0.3 is 0 Å². The third-order valence-electron chi connectivity index (χ3n) is 4.88. The lowest BCUT2D eigenvalue weighted by Crippen LogP contribution is -2.38. The predicted octanol–water partition coefficient (Wildman–Crippen LogP) is 2.27. The molecule has 4 rings (SSSR count). The Morgan fingerprint density at radius 1 is 1.20 bits per heavy atom. The average molecular weight is 335 g/mol. The van der Waals surface area contributed by atoms with Gasteiger partial charge in [0, 0.05) is 43.2 Å². The number of amides is 1. The molecule has 3 heterocycles. The second-order valence-corrected chi connectivity index (χ2v) is 6.61. The Morgan fingerprint density at radius 2 is 2.08 bits per heavy atom. The topological polar surface area (TPSA) is 54.8 Å². The van der Waals surface area contributed by atoms with Crippen molar-refractivity contribution in [2.75, 3.05) is 20.3 Å². The summed E-state index contributed by atoms with van der Waals surface area (Å²) < 4.78 is 5.12. The van der Waals surface area contributed by atoms with Crippen LogP contribution in [0.5, 0.6) is 0 Å². The maximum Gasteiger partial charge on any atom is 0.227 e. The third kappa shape index (κ3) is 2.96. The number of fused-ring (bicyclic) bond motifs is 2. The van der Waals surface area contributed by atoms with Crippen molar-refractivity contribution in [2.24, 2.45) is 4.99 Å². The van der Waals surface area contributed by atoms with Gasteiger partial charge in [0.15, 0.2) is 0 Å². The van der Waals surface area contributed by atoms with E-state index in [-0.39, 0.29) is 5.91 Å². The van der Waals surface area contributed by atoms with Gasteiger partial charge in [-0.15, -0.1) is 0 Å². The van der Waals surface area contributed by atoms with E-state index < -0.39 is 0 Å². The van der Waals surface area contributed by atoms with Crippen LogP contribution in [-0.4, -0.2) is 41.8 Å². The normalized spacial score (nSPS) is 15.8. The van der Waals surface area contributed by atoms with E-state index in [4.69, 9.17) is 9.73 Å². The van der Waals surface area contributed by atoms with Crippen molar-refractivity contribution in [2.45, 2.75) is 26.4 Å². The standard InChI is InChI=1S/C20H21N3O2/c1-13-7-14(3-4-21-13)20-18-9-17-12-23(5-6-25-2)19(24)10-15(17)8-16(18)11-22-20/h3-4,7-9H,5-6,10-12H2,1-2H3. The highest BCUT2D eigenvalue weighted by molar-refractivity contribution is 6.15. The van der Waals surface area contributed by atoms with Crippen molar-refractivity contribution in [1.82, 2.24) is 9.88 Å². The average Bonchev–Trinajstić information content (AvgIpc) is 3.01. The first kappa shape index (κ1) is 16.0. The number of aliphatic imine (C=N–C) groups is 1. The first-order chi connectivity index (χ1) is 12.2. The second-order valence-electron chi connectivity index (χ2n) is 6.61. The highest BCUT2D eigenvalue weighted by atomic mass is 16.5. The van der Waals surface area contributed by atoms with Crippen molar-refractivity contribution in [3.8, 4) is 0 Å². The highest BCUT2D eigenvalue weighted by Crippen LogP contribution is 2.29. The number of aryl methyl sites for hydroxylation is 1. The molecule has 5 heteroatoms. The SMILES string of the molecule is COCCN1Cc2cc3c(cc2CC1=O)CN=C3c1ccnc(C)c1. The summed E-state index contributed by atoms with van der Waals surface area (Å²) in [6.07, 6.45) is 2.30. The number of benzene rings is 1. The minimum atomic E-state index is 0.174. The van der Waals surface area contributed by atoms with Crippen molar-refractivity contribution in [1.29, 1.82) is 0 Å². The van der Waals surface area contributed by atoms with Crippen LogP contribution in [0.4, 0.5) is 0 Å². The summed E-state index contributed by atoms with van der Waals surface area (Å²) >= 11 is 0. The zero-order valence-corrected chi connectivity index (χ0v) is 14.6. The highest BCUT2D eigenvalue weighted by Gasteiger charge is 2.26. The van der Waals surface area contributed by atoms with Gasteiger partial charge in [0.2, 0.25) is 5.91 Å². The molecule has 1 amide bonds. The van der Waals surface area contributed by atoms with Crippen LogP contribution < -0.4 is 0 Å². The fourth-order valence-electron chi connectivity index (χ4n) is 3.57. The number of aromatic nitrogens is 1. The number of hydrogen-bond donors (Lipinski definition) is 0. The van der Waals surface area contributed by atoms with Gasteiger partial charge in [-0.1, -0.05) is 6.07 Å². The Morgan fingerprint density at radius 3 is 2.88 bits per heavy atom. The fraction of sp³-hybridized carbons (Fsp3) is 0.350. The van der Waals surface area contributed by atoms with Crippen LogP contribution in [0.25, 0.3) is 0 Å². The number of carbonyl (C=O) groups is 1. The van der Waals surface area contributed by atoms with Crippen molar-refractivity contribution in [3.63, 3.8) is 0 Å². The molecule has 0 spiro atoms. The molecule has 25 heavy (non-hydrogen) atoms. The fourth-order valence-corrected chi connectivity index (χ4v) is 3.57. The lowest BCUT2D eigenvalue weighted by Gasteiger charge is -2.29. The van der Waals surface area contributed by atoms with Gasteiger partial charge in [0.1, 0.15) is 0 Å². The van der Waals surface area contributed by atoms with E-state index in [9.17, 15) is 4.79 Å². The van der Waals surface area contributed by atoms with Crippen molar-refractivity contribution in [3.05, 3.63) is 64.0 Å². The van der Waals surface area contributed by atoms with Crippen LogP contribution >= 0.6 is 0 Å². The molecule has 0 bridgehead atoms. The number of methoxy groups -OCH3 is 1. The van der Waals surface area contributed by atoms with Crippen LogP contribution in [0.15, 0.2) is 35.5 Å². The van der Waals surface area contributed by atoms with E-state index in [2.05, 4.69) is 23.2 Å². The Bertz CT molecular complexity index is 873. The Kier molecular flexibility index (Phi) is 4.09. The largest absolute Gasteiger partial charge is 0.383 e. The molecule has 0 aliphatic carbocycles. The molecular weight excluding hydrogens is 314 g/mol. The number of ether oxygens (including phenoxy) is 1. The van der Waals surface area contributed by atoms with Gasteiger partial charge in [-0.05, 0) is 41.8 Å². The molecule has 0 unspecified atom stereocenters. The zero-order chi connectivity index (χ0) is 17.4. The van der Waals surface area contributed by atoms with Crippen LogP contribution in [0.3, 0.4) is 0 Å². The van der Waals surface area contributed by atoms with Crippen molar-refractivity contribution < 1.29 is 9.53 Å². The Hall–Kier alpha value is -2.53. The van der Waals surface area contributed by atoms with E-state index in [0.29, 0.717) is 32.7 Å². The summed E-state index contributed by atoms with van der Waals surface area (Å²) in [4.78, 5) is 23.2. The van der Waals surface area contributed by atoms with Crippen LogP contribution in [0, 0.1) is 6.92 Å². The summed E-state index contributed by atoms with van der Waals surface area (Å²) in [5, 5.41) is 0. The molecule has 0 saturated heterocycles. The molecule has 2 aliphatic rings. The summed E-state index contributed by atoms with van der Waals surface area (Å²) in [5.41, 5.74) is 7.88. The molecule has 0 atom stereocenters. The third-order valence-corrected chi connectivity index (χ3v) is 4.88. The lowest BCUT2D eigenvalue weighted by atomic mass is 9.91. The molecule has 0 radical (unpaired) electrons. The maximum atomic E-state index is 12.3. The number of hydrogen-bond acceptors (Lipinski definition) is 4. The predicted molar refractivity (Wildman–Crippen MR) is 95.8 cm³/mol. The number of pyridine rings is 1. The van der Waals surface area contributed by atoms with Gasteiger partial charge in [0.05, 0.1) is 25.3 Å². The molecular formula is C20H21N3O2. The van der Waals surface area contributed by atoms with E-state index in [1.54, 1.807) is 7.11 Å². The van der Waals surface area contributed by atoms with E-state index >= 15 is 0 Å². The van der Waals surface area contributed by atoms with Crippen LogP contribution in [0.1, 0.15) is 33.5 Å². The molecule has 1 aromatic heterocycles. The summed E-state index contributed by atoms with van der Waals surface area (Å²) in [6, 6.07) is 8.47. The van der Waals surface area contributed by atoms with E-state index in [1.807, 2.05) is 24.1 Å². The first-order valence-electron chi connectivity index (χ1n) is 8.55. The molecule has 5 nitrogen and oxygen atoms in total. The van der Waals surface area contributed by atoms with Crippen LogP contribution in [0.2, 0.25) is 0 Å². The van der Waals surface area contributed by atoms with Gasteiger partial charge in [0.25, 0.3) is 0 Å². The molecule has 0 N–H and O–H groups in total. The quantitative estimate of drug-likeness (QED) is 0.861. The number of nitrogens with zero attached hydrogens (tertiary/aromatic N) is 3. The maximum absolute atomic E-state index is 12.3. The smallest absolute Gasteiger partial charge is 0.227 e. The van der Waals surface area contributed by atoms with Gasteiger partial charge in [-0.25, -0.2) is 0 Å². The minimum Gasteiger partial charge on any atom is -0.383 e. The lowest BCUT2D eigenvalue weighted by molar-refractivity contribution is -0.132. The Balaban J connectivity index is 1.67. The summed E-state index contributed by atoms with van der Waals surface area (Å²) in [6.45, 7) is 4.52. The zero-order valence-electron chi connectivity index (χ0n) is 14.6. The van der Waals surface area contributed by atoms with E-state index in [1.165, 1.54) is 16.7 Å². The van der Waals surface area contributed by atoms with E-state index in [0.717, 1.165) is 22.5 Å². The number of rotatable bonds is 4. The second kappa shape index (κ2) is 6.41. The molecule has 128 valence electrons. The molecule has 0 saturated carbocycles. The Labute approximate surface area is 147 Å². The molecule has 0 fully saturated rings. The first-order valence-corrected chi connectivity index (χ1v) is 8.55. The van der Waals surface area contributed by atoms with Crippen molar-refractivity contribution >= 4 is 11.6 Å². The summed E-state index contributed by atoms with van der Waals surface area (Å²) in [7, 11) is 1.66. The van der Waals surface area contributed by atoms with Gasteiger partial charge in [-0.3, -0.25) is 14.8 Å².